The predicted molar refractivity (Wildman–Crippen MR) is 68.1 cm³/mol. The first-order valence-electron chi connectivity index (χ1n) is 6.37. The van der Waals surface area contributed by atoms with E-state index in [0.29, 0.717) is 12.8 Å². The molecule has 0 amide bonds. The molecule has 0 bridgehead atoms. The van der Waals surface area contributed by atoms with E-state index in [1.165, 1.54) is 7.11 Å². The quantitative estimate of drug-likeness (QED) is 0.457. The number of rotatable bonds is 3. The Morgan fingerprint density at radius 2 is 1.59 bits per heavy atom. The number of hydrogen-bond acceptors (Lipinski definition) is 3. The van der Waals surface area contributed by atoms with E-state index in [1.807, 2.05) is 0 Å². The van der Waals surface area contributed by atoms with E-state index in [2.05, 4.69) is 15.9 Å². The number of hydrogen-bond donors (Lipinski definition) is 0. The first-order chi connectivity index (χ1) is 8.05. The zero-order chi connectivity index (χ0) is 12.5. The summed E-state index contributed by atoms with van der Waals surface area (Å²) in [5.41, 5.74) is -0.864. The standard InChI is InChI=1S/C13H19BrO3/c1-17-11(16)12(6-3-2-4-7-12)10(15)13(14)8-5-9-13/h2-9H2,1H3. The third-order valence-electron chi connectivity index (χ3n) is 4.27. The zero-order valence-corrected chi connectivity index (χ0v) is 11.8. The van der Waals surface area contributed by atoms with Crippen molar-refractivity contribution in [2.24, 2.45) is 5.41 Å². The molecule has 2 saturated carbocycles. The van der Waals surface area contributed by atoms with Crippen molar-refractivity contribution in [1.29, 1.82) is 0 Å². The molecule has 0 atom stereocenters. The minimum atomic E-state index is -0.864. The average molecular weight is 303 g/mol. The first-order valence-corrected chi connectivity index (χ1v) is 7.17. The maximum atomic E-state index is 12.7. The Labute approximate surface area is 110 Å². The summed E-state index contributed by atoms with van der Waals surface area (Å²) in [5.74, 6) is -0.254. The molecule has 4 heteroatoms. The largest absolute Gasteiger partial charge is 0.468 e. The minimum absolute atomic E-state index is 0.0720. The highest BCUT2D eigenvalue weighted by Crippen LogP contribution is 2.50. The normalized spacial score (nSPS) is 25.8. The summed E-state index contributed by atoms with van der Waals surface area (Å²) in [4.78, 5) is 24.7. The van der Waals surface area contributed by atoms with Crippen LogP contribution in [0.3, 0.4) is 0 Å². The zero-order valence-electron chi connectivity index (χ0n) is 10.3. The number of alkyl halides is 1. The fraction of sp³-hybridized carbons (Fsp3) is 0.846. The molecule has 2 aliphatic rings. The number of carbonyl (C=O) groups excluding carboxylic acids is 2. The maximum absolute atomic E-state index is 12.7. The summed E-state index contributed by atoms with van der Waals surface area (Å²) in [6.45, 7) is 0. The van der Waals surface area contributed by atoms with Gasteiger partial charge in [0.15, 0.2) is 5.78 Å². The van der Waals surface area contributed by atoms with Crippen molar-refractivity contribution in [3.05, 3.63) is 0 Å². The predicted octanol–water partition coefficient (Wildman–Crippen LogP) is 3.00. The van der Waals surface area contributed by atoms with Crippen LogP contribution in [-0.4, -0.2) is 23.2 Å². The minimum Gasteiger partial charge on any atom is -0.468 e. The highest BCUT2D eigenvalue weighted by Gasteiger charge is 2.56. The van der Waals surface area contributed by atoms with E-state index in [0.717, 1.165) is 38.5 Å². The summed E-state index contributed by atoms with van der Waals surface area (Å²) in [5, 5.41) is 0. The summed E-state index contributed by atoms with van der Waals surface area (Å²) >= 11 is 3.54. The van der Waals surface area contributed by atoms with Crippen molar-refractivity contribution in [2.75, 3.05) is 7.11 Å². The van der Waals surface area contributed by atoms with Gasteiger partial charge in [0.25, 0.3) is 0 Å². The molecule has 0 saturated heterocycles. The van der Waals surface area contributed by atoms with Gasteiger partial charge in [-0.2, -0.15) is 0 Å². The van der Waals surface area contributed by atoms with Gasteiger partial charge in [0.05, 0.1) is 11.4 Å². The summed E-state index contributed by atoms with van der Waals surface area (Å²) in [7, 11) is 1.38. The van der Waals surface area contributed by atoms with Gasteiger partial charge >= 0.3 is 5.97 Å². The topological polar surface area (TPSA) is 43.4 Å². The van der Waals surface area contributed by atoms with Crippen LogP contribution in [-0.2, 0) is 14.3 Å². The van der Waals surface area contributed by atoms with Crippen molar-refractivity contribution in [1.82, 2.24) is 0 Å². The third-order valence-corrected chi connectivity index (χ3v) is 5.42. The summed E-state index contributed by atoms with van der Waals surface area (Å²) < 4.78 is 4.45. The SMILES string of the molecule is COC(=O)C1(C(=O)C2(Br)CCC2)CCCCC1. The molecular formula is C13H19BrO3. The second kappa shape index (κ2) is 4.71. The van der Waals surface area contributed by atoms with Crippen LogP contribution in [0.2, 0.25) is 0 Å². The number of methoxy groups -OCH3 is 1. The van der Waals surface area contributed by atoms with Crippen LogP contribution in [0.1, 0.15) is 51.4 Å². The van der Waals surface area contributed by atoms with Gasteiger partial charge < -0.3 is 4.74 Å². The second-order valence-electron chi connectivity index (χ2n) is 5.28. The maximum Gasteiger partial charge on any atom is 0.319 e. The molecule has 96 valence electrons. The number of ketones is 1. The fourth-order valence-electron chi connectivity index (χ4n) is 3.02. The van der Waals surface area contributed by atoms with Crippen molar-refractivity contribution >= 4 is 27.7 Å². The van der Waals surface area contributed by atoms with Crippen molar-refractivity contribution in [3.63, 3.8) is 0 Å². The fourth-order valence-corrected chi connectivity index (χ4v) is 3.96. The molecule has 2 aliphatic carbocycles. The molecule has 0 aliphatic heterocycles. The Balaban J connectivity index is 2.26. The van der Waals surface area contributed by atoms with Crippen LogP contribution < -0.4 is 0 Å². The van der Waals surface area contributed by atoms with E-state index < -0.39 is 9.74 Å². The van der Waals surface area contributed by atoms with Gasteiger partial charge in [0, 0.05) is 0 Å². The molecule has 17 heavy (non-hydrogen) atoms. The van der Waals surface area contributed by atoms with E-state index >= 15 is 0 Å². The molecule has 2 fully saturated rings. The van der Waals surface area contributed by atoms with E-state index in [4.69, 9.17) is 4.74 Å². The molecule has 0 aromatic carbocycles. The Morgan fingerprint density at radius 3 is 2.00 bits per heavy atom. The Kier molecular flexibility index (Phi) is 3.62. The van der Waals surface area contributed by atoms with Gasteiger partial charge in [0.2, 0.25) is 0 Å². The van der Waals surface area contributed by atoms with Crippen LogP contribution in [0.25, 0.3) is 0 Å². The highest BCUT2D eigenvalue weighted by atomic mass is 79.9. The Hall–Kier alpha value is -0.380. The molecular weight excluding hydrogens is 284 g/mol. The average Bonchev–Trinajstić information content (AvgIpc) is 2.34. The van der Waals surface area contributed by atoms with Gasteiger partial charge in [-0.05, 0) is 32.1 Å². The van der Waals surface area contributed by atoms with Gasteiger partial charge in [0.1, 0.15) is 5.41 Å². The number of ether oxygens (including phenoxy) is 1. The third kappa shape index (κ3) is 2.05. The smallest absolute Gasteiger partial charge is 0.319 e. The molecule has 0 radical (unpaired) electrons. The van der Waals surface area contributed by atoms with Gasteiger partial charge in [-0.3, -0.25) is 9.59 Å². The number of carbonyl (C=O) groups is 2. The molecule has 0 spiro atoms. The van der Waals surface area contributed by atoms with Crippen LogP contribution >= 0.6 is 15.9 Å². The monoisotopic (exact) mass is 302 g/mol. The first kappa shape index (κ1) is 13.1. The van der Waals surface area contributed by atoms with Crippen molar-refractivity contribution in [3.8, 4) is 0 Å². The lowest BCUT2D eigenvalue weighted by atomic mass is 9.64. The van der Waals surface area contributed by atoms with Crippen LogP contribution in [0.4, 0.5) is 0 Å². The van der Waals surface area contributed by atoms with Crippen molar-refractivity contribution in [2.45, 2.75) is 55.7 Å². The lowest BCUT2D eigenvalue weighted by Gasteiger charge is -2.43. The molecule has 0 aromatic heterocycles. The van der Waals surface area contributed by atoms with E-state index in [1.54, 1.807) is 0 Å². The molecule has 0 N–H and O–H groups in total. The summed E-state index contributed by atoms with van der Waals surface area (Å²) in [6, 6.07) is 0. The Morgan fingerprint density at radius 1 is 1.00 bits per heavy atom. The lowest BCUT2D eigenvalue weighted by Crippen LogP contribution is -2.53. The number of esters is 1. The molecule has 0 aromatic rings. The molecule has 2 rings (SSSR count). The van der Waals surface area contributed by atoms with E-state index in [-0.39, 0.29) is 11.8 Å². The van der Waals surface area contributed by atoms with Gasteiger partial charge in [-0.1, -0.05) is 35.2 Å². The molecule has 3 nitrogen and oxygen atoms in total. The second-order valence-corrected chi connectivity index (χ2v) is 6.80. The lowest BCUT2D eigenvalue weighted by molar-refractivity contribution is -0.162. The summed E-state index contributed by atoms with van der Waals surface area (Å²) in [6.07, 6.45) is 7.09. The molecule has 0 heterocycles. The molecule has 0 unspecified atom stereocenters. The van der Waals surface area contributed by atoms with Crippen molar-refractivity contribution < 1.29 is 14.3 Å². The van der Waals surface area contributed by atoms with E-state index in [9.17, 15) is 9.59 Å². The van der Waals surface area contributed by atoms with Crippen LogP contribution in [0.5, 0.6) is 0 Å². The number of halogens is 1. The van der Waals surface area contributed by atoms with Crippen LogP contribution in [0.15, 0.2) is 0 Å². The highest BCUT2D eigenvalue weighted by molar-refractivity contribution is 9.10. The number of Topliss-reactive ketones (excluding diaryl/α,β-unsaturated/α-hetero) is 1. The van der Waals surface area contributed by atoms with Crippen LogP contribution in [0, 0.1) is 5.41 Å². The van der Waals surface area contributed by atoms with Gasteiger partial charge in [-0.15, -0.1) is 0 Å². The van der Waals surface area contributed by atoms with Gasteiger partial charge in [-0.25, -0.2) is 0 Å². The Bertz CT molecular complexity index is 328.